The molecule has 2 aromatic rings. The van der Waals surface area contributed by atoms with E-state index in [2.05, 4.69) is 10.3 Å². The van der Waals surface area contributed by atoms with E-state index in [1.165, 1.54) is 11.3 Å². The van der Waals surface area contributed by atoms with Crippen molar-refractivity contribution >= 4 is 39.8 Å². The number of Topliss-reactive ketones (excluding diaryl/α,β-unsaturated/α-hetero) is 1. The van der Waals surface area contributed by atoms with E-state index in [0.29, 0.717) is 21.5 Å². The molecule has 1 aromatic carbocycles. The number of carbonyl (C=O) groups is 2. The monoisotopic (exact) mass is 320 g/mol. The Bertz CT molecular complexity index is 694. The molecule has 108 valence electrons. The number of amides is 1. The Labute approximate surface area is 131 Å². The molecule has 6 heteroatoms. The molecular weight excluding hydrogens is 308 g/mol. The Morgan fingerprint density at radius 1 is 1.29 bits per heavy atom. The van der Waals surface area contributed by atoms with Crippen LogP contribution in [0.15, 0.2) is 24.3 Å². The summed E-state index contributed by atoms with van der Waals surface area (Å²) < 4.78 is 0. The molecule has 21 heavy (non-hydrogen) atoms. The first-order valence-electron chi connectivity index (χ1n) is 6.69. The standard InChI is InChI=1S/C15H13ClN2O2S/c16-10-6-4-9(5-7-10)8-13(20)18-15-17-11-2-1-3-12(19)14(11)21-15/h4-7H,1-3,8H2,(H,17,18,20). The summed E-state index contributed by atoms with van der Waals surface area (Å²) in [6.07, 6.45) is 2.49. The van der Waals surface area contributed by atoms with Gasteiger partial charge in [-0.05, 0) is 30.5 Å². The minimum atomic E-state index is -0.143. The summed E-state index contributed by atoms with van der Waals surface area (Å²) in [5.74, 6) is -0.0113. The van der Waals surface area contributed by atoms with Crippen LogP contribution >= 0.6 is 22.9 Å². The van der Waals surface area contributed by atoms with Gasteiger partial charge in [-0.2, -0.15) is 0 Å². The van der Waals surface area contributed by atoms with Crippen molar-refractivity contribution in [3.8, 4) is 0 Å². The topological polar surface area (TPSA) is 59.1 Å². The van der Waals surface area contributed by atoms with Gasteiger partial charge in [-0.25, -0.2) is 4.98 Å². The van der Waals surface area contributed by atoms with Gasteiger partial charge in [-0.1, -0.05) is 35.1 Å². The van der Waals surface area contributed by atoms with E-state index in [4.69, 9.17) is 11.6 Å². The van der Waals surface area contributed by atoms with Crippen molar-refractivity contribution in [2.24, 2.45) is 0 Å². The van der Waals surface area contributed by atoms with Gasteiger partial charge in [-0.15, -0.1) is 0 Å². The van der Waals surface area contributed by atoms with Crippen LogP contribution in [0, 0.1) is 0 Å². The Hall–Kier alpha value is -1.72. The average Bonchev–Trinajstić information content (AvgIpc) is 2.85. The molecule has 4 nitrogen and oxygen atoms in total. The molecule has 0 spiro atoms. The lowest BCUT2D eigenvalue weighted by molar-refractivity contribution is -0.115. The number of thiazole rings is 1. The first-order chi connectivity index (χ1) is 10.1. The zero-order chi connectivity index (χ0) is 14.8. The third-order valence-corrected chi connectivity index (χ3v) is 4.60. The number of halogens is 1. The minimum Gasteiger partial charge on any atom is -0.302 e. The van der Waals surface area contributed by atoms with Gasteiger partial charge in [0.05, 0.1) is 17.0 Å². The number of carbonyl (C=O) groups excluding carboxylic acids is 2. The molecule has 0 unspecified atom stereocenters. The lowest BCUT2D eigenvalue weighted by atomic mass is 10.0. The Balaban J connectivity index is 1.67. The summed E-state index contributed by atoms with van der Waals surface area (Å²) in [5.41, 5.74) is 1.70. The summed E-state index contributed by atoms with van der Waals surface area (Å²) >= 11 is 7.08. The van der Waals surface area contributed by atoms with Gasteiger partial charge in [0.2, 0.25) is 5.91 Å². The van der Waals surface area contributed by atoms with Gasteiger partial charge in [0.1, 0.15) is 0 Å². The normalized spacial score (nSPS) is 13.9. The molecule has 1 aromatic heterocycles. The van der Waals surface area contributed by atoms with E-state index >= 15 is 0 Å². The zero-order valence-electron chi connectivity index (χ0n) is 11.2. The predicted molar refractivity (Wildman–Crippen MR) is 83.2 cm³/mol. The third kappa shape index (κ3) is 3.31. The molecule has 0 radical (unpaired) electrons. The largest absolute Gasteiger partial charge is 0.302 e. The van der Waals surface area contributed by atoms with Gasteiger partial charge in [0.25, 0.3) is 0 Å². The highest BCUT2D eigenvalue weighted by molar-refractivity contribution is 7.17. The number of rotatable bonds is 3. The zero-order valence-corrected chi connectivity index (χ0v) is 12.8. The van der Waals surface area contributed by atoms with E-state index in [9.17, 15) is 9.59 Å². The molecule has 0 saturated carbocycles. The molecule has 1 amide bonds. The number of aryl methyl sites for hydroxylation is 1. The van der Waals surface area contributed by atoms with Crippen LogP contribution in [0.2, 0.25) is 5.02 Å². The van der Waals surface area contributed by atoms with Crippen molar-refractivity contribution in [3.05, 3.63) is 45.4 Å². The Morgan fingerprint density at radius 3 is 2.76 bits per heavy atom. The molecule has 0 fully saturated rings. The van der Waals surface area contributed by atoms with Crippen LogP contribution in [0.3, 0.4) is 0 Å². The number of nitrogens with zero attached hydrogens (tertiary/aromatic N) is 1. The first-order valence-corrected chi connectivity index (χ1v) is 7.88. The van der Waals surface area contributed by atoms with Crippen LogP contribution in [0.25, 0.3) is 0 Å². The van der Waals surface area contributed by atoms with Crippen LogP contribution in [0.1, 0.15) is 33.8 Å². The van der Waals surface area contributed by atoms with E-state index in [-0.39, 0.29) is 18.1 Å². The second-order valence-electron chi connectivity index (χ2n) is 4.92. The Morgan fingerprint density at radius 2 is 2.05 bits per heavy atom. The highest BCUT2D eigenvalue weighted by atomic mass is 35.5. The van der Waals surface area contributed by atoms with Gasteiger partial charge in [-0.3, -0.25) is 9.59 Å². The maximum Gasteiger partial charge on any atom is 0.230 e. The van der Waals surface area contributed by atoms with Crippen molar-refractivity contribution in [1.82, 2.24) is 4.98 Å². The number of aromatic nitrogens is 1. The number of anilines is 1. The number of hydrogen-bond acceptors (Lipinski definition) is 4. The first kappa shape index (κ1) is 14.2. The molecule has 0 saturated heterocycles. The molecule has 0 bridgehead atoms. The Kier molecular flexibility index (Phi) is 4.03. The van der Waals surface area contributed by atoms with Crippen molar-refractivity contribution in [1.29, 1.82) is 0 Å². The van der Waals surface area contributed by atoms with Crippen molar-refractivity contribution in [2.45, 2.75) is 25.7 Å². The number of fused-ring (bicyclic) bond motifs is 1. The van der Waals surface area contributed by atoms with E-state index in [1.54, 1.807) is 12.1 Å². The summed E-state index contributed by atoms with van der Waals surface area (Å²) in [5, 5.41) is 3.92. The van der Waals surface area contributed by atoms with Crippen molar-refractivity contribution < 1.29 is 9.59 Å². The average molecular weight is 321 g/mol. The summed E-state index contributed by atoms with van der Waals surface area (Å²) in [6.45, 7) is 0. The molecule has 3 rings (SSSR count). The van der Waals surface area contributed by atoms with E-state index in [0.717, 1.165) is 24.1 Å². The van der Waals surface area contributed by atoms with Crippen LogP contribution in [0.4, 0.5) is 5.13 Å². The molecule has 0 atom stereocenters. The smallest absolute Gasteiger partial charge is 0.230 e. The lowest BCUT2D eigenvalue weighted by Crippen LogP contribution is -2.14. The van der Waals surface area contributed by atoms with Crippen LogP contribution in [-0.2, 0) is 17.6 Å². The fourth-order valence-corrected chi connectivity index (χ4v) is 3.39. The second kappa shape index (κ2) is 5.95. The maximum atomic E-state index is 12.0. The predicted octanol–water partition coefficient (Wildman–Crippen LogP) is 3.50. The van der Waals surface area contributed by atoms with Crippen LogP contribution < -0.4 is 5.32 Å². The maximum absolute atomic E-state index is 12.0. The molecule has 1 N–H and O–H groups in total. The van der Waals surface area contributed by atoms with Crippen LogP contribution in [0.5, 0.6) is 0 Å². The van der Waals surface area contributed by atoms with Crippen molar-refractivity contribution in [2.75, 3.05) is 5.32 Å². The summed E-state index contributed by atoms with van der Waals surface area (Å²) in [7, 11) is 0. The highest BCUT2D eigenvalue weighted by Crippen LogP contribution is 2.29. The fraction of sp³-hybridized carbons (Fsp3) is 0.267. The molecule has 1 heterocycles. The van der Waals surface area contributed by atoms with Gasteiger partial charge in [0, 0.05) is 11.4 Å². The molecular formula is C15H13ClN2O2S. The van der Waals surface area contributed by atoms with Crippen LogP contribution in [-0.4, -0.2) is 16.7 Å². The van der Waals surface area contributed by atoms with Gasteiger partial charge < -0.3 is 5.32 Å². The molecule has 1 aliphatic rings. The highest BCUT2D eigenvalue weighted by Gasteiger charge is 2.22. The summed E-state index contributed by atoms with van der Waals surface area (Å²) in [6, 6.07) is 7.15. The lowest BCUT2D eigenvalue weighted by Gasteiger charge is -2.05. The van der Waals surface area contributed by atoms with E-state index in [1.807, 2.05) is 12.1 Å². The molecule has 1 aliphatic carbocycles. The SMILES string of the molecule is O=C(Cc1ccc(Cl)cc1)Nc1nc2c(s1)C(=O)CCC2. The summed E-state index contributed by atoms with van der Waals surface area (Å²) in [4.78, 5) is 28.8. The number of hydrogen-bond donors (Lipinski definition) is 1. The van der Waals surface area contributed by atoms with Gasteiger partial charge in [0.15, 0.2) is 10.9 Å². The second-order valence-corrected chi connectivity index (χ2v) is 6.36. The number of ketones is 1. The molecule has 0 aliphatic heterocycles. The third-order valence-electron chi connectivity index (χ3n) is 3.29. The fourth-order valence-electron chi connectivity index (χ4n) is 2.27. The quantitative estimate of drug-likeness (QED) is 0.941. The van der Waals surface area contributed by atoms with E-state index < -0.39 is 0 Å². The number of benzene rings is 1. The van der Waals surface area contributed by atoms with Gasteiger partial charge >= 0.3 is 0 Å². The minimum absolute atomic E-state index is 0.131. The number of nitrogens with one attached hydrogen (secondary N) is 1. The van der Waals surface area contributed by atoms with Crippen molar-refractivity contribution in [3.63, 3.8) is 0 Å².